The van der Waals surface area contributed by atoms with Gasteiger partial charge in [0.05, 0.1) is 0 Å². The van der Waals surface area contributed by atoms with Gasteiger partial charge in [0.15, 0.2) is 0 Å². The van der Waals surface area contributed by atoms with Crippen LogP contribution in [0.3, 0.4) is 0 Å². The van der Waals surface area contributed by atoms with E-state index in [0.717, 1.165) is 15.8 Å². The molecule has 0 aliphatic heterocycles. The van der Waals surface area contributed by atoms with Crippen molar-refractivity contribution in [3.63, 3.8) is 0 Å². The van der Waals surface area contributed by atoms with Crippen molar-refractivity contribution in [2.75, 3.05) is 5.75 Å². The fourth-order valence-corrected chi connectivity index (χ4v) is 3.18. The Kier molecular flexibility index (Phi) is 4.80. The molecule has 0 aliphatic rings. The summed E-state index contributed by atoms with van der Waals surface area (Å²) in [5.41, 5.74) is 8.54. The molecule has 4 heteroatoms. The van der Waals surface area contributed by atoms with E-state index in [0.29, 0.717) is 0 Å². The summed E-state index contributed by atoms with van der Waals surface area (Å²) in [6.45, 7) is 2.07. The zero-order chi connectivity index (χ0) is 13.0. The molecular formula is C14H15BrN2S. The lowest BCUT2D eigenvalue weighted by molar-refractivity contribution is 0.815. The molecule has 0 radical (unpaired) electrons. The third-order valence-electron chi connectivity index (χ3n) is 2.70. The lowest BCUT2D eigenvalue weighted by Crippen LogP contribution is -2.14. The van der Waals surface area contributed by atoms with Crippen LogP contribution in [0.1, 0.15) is 17.2 Å². The van der Waals surface area contributed by atoms with Crippen LogP contribution in [0.15, 0.2) is 52.1 Å². The zero-order valence-corrected chi connectivity index (χ0v) is 12.5. The van der Waals surface area contributed by atoms with Gasteiger partial charge >= 0.3 is 0 Å². The van der Waals surface area contributed by atoms with Crippen LogP contribution in [0.4, 0.5) is 0 Å². The highest BCUT2D eigenvalue weighted by Crippen LogP contribution is 2.26. The molecule has 1 atom stereocenters. The minimum Gasteiger partial charge on any atom is -0.323 e. The first-order valence-electron chi connectivity index (χ1n) is 5.71. The number of nitrogens with zero attached hydrogens (tertiary/aromatic N) is 1. The van der Waals surface area contributed by atoms with E-state index < -0.39 is 0 Å². The van der Waals surface area contributed by atoms with Crippen LogP contribution < -0.4 is 5.73 Å². The molecule has 0 bridgehead atoms. The average Bonchev–Trinajstić information content (AvgIpc) is 2.37. The molecular weight excluding hydrogens is 308 g/mol. The van der Waals surface area contributed by atoms with E-state index in [9.17, 15) is 0 Å². The summed E-state index contributed by atoms with van der Waals surface area (Å²) in [6.07, 6.45) is 3.66. The molecule has 1 aromatic heterocycles. The third kappa shape index (κ3) is 3.57. The quantitative estimate of drug-likeness (QED) is 0.866. The van der Waals surface area contributed by atoms with Crippen molar-refractivity contribution in [3.05, 3.63) is 58.3 Å². The Morgan fingerprint density at radius 1 is 1.39 bits per heavy atom. The summed E-state index contributed by atoms with van der Waals surface area (Å²) in [7, 11) is 0. The van der Waals surface area contributed by atoms with E-state index in [1.54, 1.807) is 18.0 Å². The van der Waals surface area contributed by atoms with Crippen molar-refractivity contribution in [3.8, 4) is 0 Å². The molecule has 94 valence electrons. The number of nitrogens with two attached hydrogens (primary N) is 1. The van der Waals surface area contributed by atoms with Crippen LogP contribution in [0.25, 0.3) is 0 Å². The second-order valence-corrected chi connectivity index (χ2v) is 6.12. The Bertz CT molecular complexity index is 531. The molecule has 18 heavy (non-hydrogen) atoms. The molecule has 2 nitrogen and oxygen atoms in total. The van der Waals surface area contributed by atoms with E-state index >= 15 is 0 Å². The summed E-state index contributed by atoms with van der Waals surface area (Å²) >= 11 is 5.23. The van der Waals surface area contributed by atoms with Gasteiger partial charge in [-0.15, -0.1) is 11.8 Å². The molecule has 0 spiro atoms. The lowest BCUT2D eigenvalue weighted by Gasteiger charge is -2.13. The first-order valence-corrected chi connectivity index (χ1v) is 7.49. The Hall–Kier alpha value is -0.840. The van der Waals surface area contributed by atoms with E-state index in [1.165, 1.54) is 10.5 Å². The normalized spacial score (nSPS) is 12.4. The average molecular weight is 323 g/mol. The van der Waals surface area contributed by atoms with E-state index in [-0.39, 0.29) is 6.04 Å². The van der Waals surface area contributed by atoms with Crippen LogP contribution in [0.5, 0.6) is 0 Å². The van der Waals surface area contributed by atoms with Gasteiger partial charge in [-0.2, -0.15) is 0 Å². The number of halogens is 1. The largest absolute Gasteiger partial charge is 0.323 e. The number of hydrogen-bond donors (Lipinski definition) is 1. The summed E-state index contributed by atoms with van der Waals surface area (Å²) < 4.78 is 1.10. The van der Waals surface area contributed by atoms with Crippen molar-refractivity contribution in [2.45, 2.75) is 17.9 Å². The maximum absolute atomic E-state index is 6.21. The monoisotopic (exact) mass is 322 g/mol. The fraction of sp³-hybridized carbons (Fsp3) is 0.214. The number of aromatic nitrogens is 1. The van der Waals surface area contributed by atoms with Crippen LogP contribution in [-0.4, -0.2) is 10.7 Å². The summed E-state index contributed by atoms with van der Waals surface area (Å²) in [4.78, 5) is 5.36. The van der Waals surface area contributed by atoms with Crippen molar-refractivity contribution >= 4 is 27.7 Å². The minimum atomic E-state index is 0.0164. The maximum atomic E-state index is 6.21. The van der Waals surface area contributed by atoms with Gasteiger partial charge in [-0.1, -0.05) is 22.0 Å². The van der Waals surface area contributed by atoms with Gasteiger partial charge in [0.2, 0.25) is 0 Å². The van der Waals surface area contributed by atoms with Crippen LogP contribution in [0, 0.1) is 6.92 Å². The molecule has 0 aliphatic carbocycles. The lowest BCUT2D eigenvalue weighted by atomic mass is 10.1. The molecule has 1 heterocycles. The Morgan fingerprint density at radius 2 is 2.22 bits per heavy atom. The predicted molar refractivity (Wildman–Crippen MR) is 80.8 cm³/mol. The van der Waals surface area contributed by atoms with Gasteiger partial charge in [-0.3, -0.25) is 4.98 Å². The van der Waals surface area contributed by atoms with E-state index in [2.05, 4.69) is 40.0 Å². The molecule has 2 aromatic rings. The maximum Gasteiger partial charge on any atom is 0.0408 e. The topological polar surface area (TPSA) is 38.9 Å². The summed E-state index contributed by atoms with van der Waals surface area (Å²) in [6, 6.07) is 10.3. The number of thioether (sulfide) groups is 1. The van der Waals surface area contributed by atoms with Gasteiger partial charge in [0.1, 0.15) is 0 Å². The SMILES string of the molecule is Cc1ccncc1C(N)CSc1cccc(Br)c1. The molecule has 1 unspecified atom stereocenters. The van der Waals surface area contributed by atoms with Gasteiger partial charge in [-0.05, 0) is 42.3 Å². The smallest absolute Gasteiger partial charge is 0.0408 e. The molecule has 2 rings (SSSR count). The number of benzene rings is 1. The number of rotatable bonds is 4. The standard InChI is InChI=1S/C14H15BrN2S/c1-10-5-6-17-8-13(10)14(16)9-18-12-4-2-3-11(15)7-12/h2-8,14H,9,16H2,1H3. The molecule has 1 aromatic carbocycles. The Balaban J connectivity index is 2.00. The van der Waals surface area contributed by atoms with Crippen molar-refractivity contribution in [1.29, 1.82) is 0 Å². The molecule has 0 saturated carbocycles. The van der Waals surface area contributed by atoms with Crippen LogP contribution in [0.2, 0.25) is 0 Å². The Morgan fingerprint density at radius 3 is 2.94 bits per heavy atom. The van der Waals surface area contributed by atoms with Gasteiger partial charge in [0.25, 0.3) is 0 Å². The van der Waals surface area contributed by atoms with Crippen LogP contribution >= 0.6 is 27.7 Å². The summed E-state index contributed by atoms with van der Waals surface area (Å²) in [5, 5.41) is 0. The number of aryl methyl sites for hydroxylation is 1. The first kappa shape index (κ1) is 13.6. The second-order valence-electron chi connectivity index (χ2n) is 4.11. The van der Waals surface area contributed by atoms with E-state index in [1.807, 2.05) is 24.4 Å². The minimum absolute atomic E-state index is 0.0164. The third-order valence-corrected chi connectivity index (χ3v) is 4.31. The van der Waals surface area contributed by atoms with Gasteiger partial charge < -0.3 is 5.73 Å². The van der Waals surface area contributed by atoms with Gasteiger partial charge in [-0.25, -0.2) is 0 Å². The van der Waals surface area contributed by atoms with Crippen molar-refractivity contribution in [2.24, 2.45) is 5.73 Å². The molecule has 0 amide bonds. The second kappa shape index (κ2) is 6.36. The zero-order valence-electron chi connectivity index (χ0n) is 10.1. The highest BCUT2D eigenvalue weighted by atomic mass is 79.9. The van der Waals surface area contributed by atoms with Gasteiger partial charge in [0, 0.05) is 33.6 Å². The number of pyridine rings is 1. The first-order chi connectivity index (χ1) is 8.66. The van der Waals surface area contributed by atoms with Crippen LogP contribution in [-0.2, 0) is 0 Å². The van der Waals surface area contributed by atoms with Crippen molar-refractivity contribution < 1.29 is 0 Å². The number of hydrogen-bond acceptors (Lipinski definition) is 3. The summed E-state index contributed by atoms with van der Waals surface area (Å²) in [5.74, 6) is 0.850. The predicted octanol–water partition coefficient (Wildman–Crippen LogP) is 3.94. The highest BCUT2D eigenvalue weighted by Gasteiger charge is 2.09. The molecule has 2 N–H and O–H groups in total. The van der Waals surface area contributed by atoms with Crippen molar-refractivity contribution in [1.82, 2.24) is 4.98 Å². The molecule has 0 fully saturated rings. The fourth-order valence-electron chi connectivity index (χ4n) is 1.70. The Labute approximate surface area is 120 Å². The molecule has 0 saturated heterocycles. The van der Waals surface area contributed by atoms with E-state index in [4.69, 9.17) is 5.73 Å². The highest BCUT2D eigenvalue weighted by molar-refractivity contribution is 9.10.